The van der Waals surface area contributed by atoms with E-state index in [0.29, 0.717) is 5.88 Å². The maximum atomic E-state index is 5.79. The first-order chi connectivity index (χ1) is 7.20. The van der Waals surface area contributed by atoms with Crippen molar-refractivity contribution in [2.75, 3.05) is 12.4 Å². The van der Waals surface area contributed by atoms with Gasteiger partial charge in [-0.15, -0.1) is 11.6 Å². The van der Waals surface area contributed by atoms with Crippen LogP contribution in [0.25, 0.3) is 0 Å². The fourth-order valence-electron chi connectivity index (χ4n) is 1.50. The third-order valence-electron chi connectivity index (χ3n) is 2.88. The third kappa shape index (κ3) is 4.22. The Hall–Kier alpha value is -0.540. The van der Waals surface area contributed by atoms with Crippen molar-refractivity contribution in [3.63, 3.8) is 0 Å². The minimum absolute atomic E-state index is 0.162. The van der Waals surface area contributed by atoms with Gasteiger partial charge in [0, 0.05) is 30.4 Å². The van der Waals surface area contributed by atoms with Crippen molar-refractivity contribution in [3.8, 4) is 0 Å². The van der Waals surface area contributed by atoms with Gasteiger partial charge in [0.1, 0.15) is 0 Å². The number of aromatic nitrogens is 2. The molecule has 0 saturated heterocycles. The molecule has 0 spiro atoms. The molecular formula is C11H20ClN3. The zero-order valence-electron chi connectivity index (χ0n) is 9.54. The Kier molecular flexibility index (Phi) is 5.12. The van der Waals surface area contributed by atoms with Gasteiger partial charge in [-0.1, -0.05) is 6.92 Å². The van der Waals surface area contributed by atoms with E-state index in [-0.39, 0.29) is 5.54 Å². The highest BCUT2D eigenvalue weighted by atomic mass is 35.5. The van der Waals surface area contributed by atoms with E-state index in [2.05, 4.69) is 24.3 Å². The highest BCUT2D eigenvalue weighted by molar-refractivity contribution is 6.17. The lowest BCUT2D eigenvalue weighted by molar-refractivity contribution is 0.324. The molecule has 3 nitrogen and oxygen atoms in total. The first-order valence-corrected chi connectivity index (χ1v) is 6.02. The van der Waals surface area contributed by atoms with Crippen molar-refractivity contribution in [2.24, 2.45) is 0 Å². The van der Waals surface area contributed by atoms with Crippen molar-refractivity contribution in [1.29, 1.82) is 0 Å². The van der Waals surface area contributed by atoms with Gasteiger partial charge in [-0.05, 0) is 25.8 Å². The van der Waals surface area contributed by atoms with Crippen LogP contribution in [-0.2, 0) is 6.54 Å². The van der Waals surface area contributed by atoms with Crippen LogP contribution < -0.4 is 5.32 Å². The van der Waals surface area contributed by atoms with E-state index in [1.54, 1.807) is 6.20 Å². The number of nitrogens with one attached hydrogen (secondary N) is 1. The monoisotopic (exact) mass is 229 g/mol. The predicted molar refractivity (Wildman–Crippen MR) is 64.3 cm³/mol. The Labute approximate surface area is 96.8 Å². The van der Waals surface area contributed by atoms with Crippen LogP contribution >= 0.6 is 11.6 Å². The number of alkyl halides is 1. The smallest absolute Gasteiger partial charge is 0.0534 e. The van der Waals surface area contributed by atoms with Gasteiger partial charge in [-0.25, -0.2) is 0 Å². The molecule has 0 fully saturated rings. The lowest BCUT2D eigenvalue weighted by atomic mass is 9.95. The quantitative estimate of drug-likeness (QED) is 0.727. The molecule has 0 aliphatic rings. The molecule has 15 heavy (non-hydrogen) atoms. The van der Waals surface area contributed by atoms with Gasteiger partial charge < -0.3 is 5.32 Å². The second-order valence-electron chi connectivity index (χ2n) is 4.05. The molecule has 1 rings (SSSR count). The van der Waals surface area contributed by atoms with Crippen molar-refractivity contribution in [1.82, 2.24) is 15.1 Å². The van der Waals surface area contributed by atoms with E-state index < -0.39 is 0 Å². The van der Waals surface area contributed by atoms with Crippen LogP contribution in [0.1, 0.15) is 26.7 Å². The zero-order valence-corrected chi connectivity index (χ0v) is 10.3. The minimum atomic E-state index is 0.162. The van der Waals surface area contributed by atoms with Crippen LogP contribution in [0, 0.1) is 0 Å². The average molecular weight is 230 g/mol. The summed E-state index contributed by atoms with van der Waals surface area (Å²) < 4.78 is 1.93. The normalized spacial score (nSPS) is 15.1. The highest BCUT2D eigenvalue weighted by Crippen LogP contribution is 2.14. The Morgan fingerprint density at radius 3 is 2.87 bits per heavy atom. The lowest BCUT2D eigenvalue weighted by Gasteiger charge is -2.29. The van der Waals surface area contributed by atoms with E-state index in [1.807, 2.05) is 16.9 Å². The van der Waals surface area contributed by atoms with Gasteiger partial charge in [-0.2, -0.15) is 5.10 Å². The second-order valence-corrected chi connectivity index (χ2v) is 4.43. The molecule has 0 bridgehead atoms. The van der Waals surface area contributed by atoms with E-state index in [1.165, 1.54) is 0 Å². The summed E-state index contributed by atoms with van der Waals surface area (Å²) in [4.78, 5) is 0. The fraction of sp³-hybridized carbons (Fsp3) is 0.727. The summed E-state index contributed by atoms with van der Waals surface area (Å²) in [6, 6.07) is 1.94. The number of hydrogen-bond donors (Lipinski definition) is 1. The van der Waals surface area contributed by atoms with Gasteiger partial charge in [0.05, 0.1) is 6.54 Å². The molecular weight excluding hydrogens is 210 g/mol. The van der Waals surface area contributed by atoms with Crippen LogP contribution in [0.15, 0.2) is 18.5 Å². The zero-order chi connectivity index (χ0) is 11.1. The van der Waals surface area contributed by atoms with Crippen molar-refractivity contribution in [2.45, 2.75) is 38.8 Å². The second kappa shape index (κ2) is 6.13. The molecule has 1 aromatic heterocycles. The molecule has 1 N–H and O–H groups in total. The minimum Gasteiger partial charge on any atom is -0.310 e. The topological polar surface area (TPSA) is 29.9 Å². The Morgan fingerprint density at radius 1 is 1.53 bits per heavy atom. The lowest BCUT2D eigenvalue weighted by Crippen LogP contribution is -2.43. The van der Waals surface area contributed by atoms with Crippen LogP contribution in [0.5, 0.6) is 0 Å². The Bertz CT molecular complexity index is 261. The van der Waals surface area contributed by atoms with Gasteiger partial charge >= 0.3 is 0 Å². The first-order valence-electron chi connectivity index (χ1n) is 5.48. The molecule has 0 aliphatic heterocycles. The maximum Gasteiger partial charge on any atom is 0.0534 e. The number of hydrogen-bond acceptors (Lipinski definition) is 2. The molecule has 1 heterocycles. The largest absolute Gasteiger partial charge is 0.310 e. The predicted octanol–water partition coefficient (Wildman–Crippen LogP) is 2.27. The first kappa shape index (κ1) is 12.5. The summed E-state index contributed by atoms with van der Waals surface area (Å²) >= 11 is 5.79. The van der Waals surface area contributed by atoms with E-state index >= 15 is 0 Å². The van der Waals surface area contributed by atoms with E-state index in [4.69, 9.17) is 11.6 Å². The molecule has 1 atom stereocenters. The summed E-state index contributed by atoms with van der Waals surface area (Å²) in [5.41, 5.74) is 0.162. The summed E-state index contributed by atoms with van der Waals surface area (Å²) in [5, 5.41) is 7.70. The molecule has 0 radical (unpaired) electrons. The van der Waals surface area contributed by atoms with Crippen LogP contribution in [-0.4, -0.2) is 27.7 Å². The van der Waals surface area contributed by atoms with Gasteiger partial charge in [-0.3, -0.25) is 4.68 Å². The summed E-state index contributed by atoms with van der Waals surface area (Å²) in [5.74, 6) is 0.707. The van der Waals surface area contributed by atoms with Gasteiger partial charge in [0.15, 0.2) is 0 Å². The molecule has 0 amide bonds. The van der Waals surface area contributed by atoms with Crippen LogP contribution in [0.4, 0.5) is 0 Å². The molecule has 1 unspecified atom stereocenters. The number of rotatable bonds is 7. The molecule has 1 aromatic rings. The standard InChI is InChI=1S/C11H20ClN3/c1-3-11(2,5-6-12)13-8-10-15-9-4-7-14-15/h4,7,9,13H,3,5-6,8,10H2,1-2H3. The Balaban J connectivity index is 2.28. The van der Waals surface area contributed by atoms with Crippen molar-refractivity contribution >= 4 is 11.6 Å². The van der Waals surface area contributed by atoms with Crippen LogP contribution in [0.3, 0.4) is 0 Å². The van der Waals surface area contributed by atoms with Gasteiger partial charge in [0.2, 0.25) is 0 Å². The summed E-state index contributed by atoms with van der Waals surface area (Å²) in [6.45, 7) is 6.25. The van der Waals surface area contributed by atoms with Crippen molar-refractivity contribution in [3.05, 3.63) is 18.5 Å². The number of halogens is 1. The molecule has 4 heteroatoms. The van der Waals surface area contributed by atoms with Crippen LogP contribution in [0.2, 0.25) is 0 Å². The van der Waals surface area contributed by atoms with E-state index in [9.17, 15) is 0 Å². The molecule has 0 saturated carbocycles. The molecule has 0 aliphatic carbocycles. The van der Waals surface area contributed by atoms with Crippen molar-refractivity contribution < 1.29 is 0 Å². The highest BCUT2D eigenvalue weighted by Gasteiger charge is 2.19. The summed E-state index contributed by atoms with van der Waals surface area (Å²) in [7, 11) is 0. The Morgan fingerprint density at radius 2 is 2.33 bits per heavy atom. The summed E-state index contributed by atoms with van der Waals surface area (Å²) in [6.07, 6.45) is 5.88. The molecule has 86 valence electrons. The fourth-order valence-corrected chi connectivity index (χ4v) is 1.92. The average Bonchev–Trinajstić information content (AvgIpc) is 2.71. The third-order valence-corrected chi connectivity index (χ3v) is 3.07. The SMILES string of the molecule is CCC(C)(CCCl)NCCn1cccn1. The van der Waals surface area contributed by atoms with E-state index in [0.717, 1.165) is 25.9 Å². The number of nitrogens with zero attached hydrogens (tertiary/aromatic N) is 2. The maximum absolute atomic E-state index is 5.79. The molecule has 0 aromatic carbocycles. The van der Waals surface area contributed by atoms with Gasteiger partial charge in [0.25, 0.3) is 0 Å².